The minimum atomic E-state index is -1.44. The number of amides is 2. The Morgan fingerprint density at radius 3 is 2.49 bits per heavy atom. The Bertz CT molecular complexity index is 1130. The first-order valence-electron chi connectivity index (χ1n) is 11.9. The van der Waals surface area contributed by atoms with E-state index < -0.39 is 65.8 Å². The Hall–Kier alpha value is -4.06. The van der Waals surface area contributed by atoms with E-state index in [4.69, 9.17) is 9.47 Å². The van der Waals surface area contributed by atoms with Gasteiger partial charge < -0.3 is 30.3 Å². The molecule has 1 saturated heterocycles. The van der Waals surface area contributed by atoms with Crippen LogP contribution in [0.25, 0.3) is 0 Å². The molecule has 0 unspecified atom stereocenters. The number of ether oxygens (including phenoxy) is 2. The molecule has 0 aliphatic carbocycles. The van der Waals surface area contributed by atoms with E-state index in [1.54, 1.807) is 31.5 Å². The normalized spacial score (nSPS) is 27.1. The zero-order valence-electron chi connectivity index (χ0n) is 20.7. The summed E-state index contributed by atoms with van der Waals surface area (Å²) in [6.07, 6.45) is 0.702. The average molecular weight is 515 g/mol. The molecule has 6 atom stereocenters. The third-order valence-electron chi connectivity index (χ3n) is 6.04. The molecule has 1 fully saturated rings. The smallest absolute Gasteiger partial charge is 0.347 e. The van der Waals surface area contributed by atoms with Gasteiger partial charge in [-0.3, -0.25) is 19.4 Å². The standard InChI is InChI=1S/C25H30N4O8/c1-4-18-25(35)36-14(3)19(29-23(33)20-17(30)8-6-10-27-20)22(32)28-16(11-15-7-5-9-26-12-15)21(31)13(2)24(34)37-18/h5-10,12-14,16,18-19,21,30-31H,4,11H2,1-3H3,(H,28,32)(H,29,33)/t13-,14-,16+,18-,19+,21+/m1/s1. The number of esters is 2. The quantitative estimate of drug-likeness (QED) is 0.405. The SMILES string of the molecule is CC[C@H]1OC(=O)[C@H](C)[C@H](O)[C@H](Cc2cccnc2)NC(=O)[C@@H](NC(=O)c2ncccc2O)[C@@H](C)OC1=O. The van der Waals surface area contributed by atoms with Crippen molar-refractivity contribution in [1.29, 1.82) is 0 Å². The molecule has 2 aromatic heterocycles. The van der Waals surface area contributed by atoms with E-state index in [-0.39, 0.29) is 18.5 Å². The Balaban J connectivity index is 1.97. The third-order valence-corrected chi connectivity index (χ3v) is 6.04. The van der Waals surface area contributed by atoms with Crippen molar-refractivity contribution in [3.8, 4) is 5.75 Å². The molecule has 3 rings (SSSR count). The van der Waals surface area contributed by atoms with Crippen molar-refractivity contribution < 1.29 is 38.9 Å². The highest BCUT2D eigenvalue weighted by molar-refractivity contribution is 5.98. The number of carbonyl (C=O) groups is 4. The Morgan fingerprint density at radius 2 is 1.84 bits per heavy atom. The van der Waals surface area contributed by atoms with Crippen LogP contribution >= 0.6 is 0 Å². The van der Waals surface area contributed by atoms with Gasteiger partial charge in [-0.15, -0.1) is 0 Å². The molecule has 2 amide bonds. The molecular weight excluding hydrogens is 484 g/mol. The zero-order chi connectivity index (χ0) is 27.1. The van der Waals surface area contributed by atoms with Gasteiger partial charge >= 0.3 is 11.9 Å². The van der Waals surface area contributed by atoms with Crippen molar-refractivity contribution in [2.75, 3.05) is 0 Å². The lowest BCUT2D eigenvalue weighted by molar-refractivity contribution is -0.177. The fourth-order valence-corrected chi connectivity index (χ4v) is 3.84. The maximum atomic E-state index is 13.4. The van der Waals surface area contributed by atoms with E-state index in [0.717, 1.165) is 0 Å². The number of cyclic esters (lactones) is 2. The van der Waals surface area contributed by atoms with Gasteiger partial charge in [0.15, 0.2) is 11.8 Å². The van der Waals surface area contributed by atoms with Crippen molar-refractivity contribution in [2.45, 2.75) is 64.0 Å². The molecule has 12 heteroatoms. The van der Waals surface area contributed by atoms with E-state index in [1.807, 2.05) is 0 Å². The Labute approximate surface area is 213 Å². The van der Waals surface area contributed by atoms with Gasteiger partial charge in [-0.25, -0.2) is 9.78 Å². The van der Waals surface area contributed by atoms with E-state index in [9.17, 15) is 29.4 Å². The Morgan fingerprint density at radius 1 is 1.11 bits per heavy atom. The maximum absolute atomic E-state index is 13.4. The average Bonchev–Trinajstić information content (AvgIpc) is 2.88. The first-order chi connectivity index (χ1) is 17.6. The Kier molecular flexibility index (Phi) is 9.12. The number of nitrogens with one attached hydrogen (secondary N) is 2. The highest BCUT2D eigenvalue weighted by atomic mass is 16.6. The van der Waals surface area contributed by atoms with Crippen LogP contribution in [0.4, 0.5) is 0 Å². The molecule has 4 N–H and O–H groups in total. The number of nitrogens with zero attached hydrogens (tertiary/aromatic N) is 2. The largest absolute Gasteiger partial charge is 0.505 e. The van der Waals surface area contributed by atoms with Gasteiger partial charge in [0.2, 0.25) is 5.91 Å². The number of hydrogen-bond donors (Lipinski definition) is 4. The number of aliphatic hydroxyl groups is 1. The van der Waals surface area contributed by atoms with E-state index in [0.29, 0.717) is 5.56 Å². The van der Waals surface area contributed by atoms with Crippen molar-refractivity contribution >= 4 is 23.8 Å². The van der Waals surface area contributed by atoms with Gasteiger partial charge in [-0.2, -0.15) is 0 Å². The summed E-state index contributed by atoms with van der Waals surface area (Å²) < 4.78 is 10.7. The molecule has 37 heavy (non-hydrogen) atoms. The maximum Gasteiger partial charge on any atom is 0.347 e. The van der Waals surface area contributed by atoms with Gasteiger partial charge in [-0.1, -0.05) is 13.0 Å². The molecule has 1 aliphatic heterocycles. The molecule has 0 saturated carbocycles. The van der Waals surface area contributed by atoms with Gasteiger partial charge in [0.05, 0.1) is 18.1 Å². The number of aliphatic hydroxyl groups excluding tert-OH is 1. The minimum absolute atomic E-state index is 0.0876. The summed E-state index contributed by atoms with van der Waals surface area (Å²) in [6, 6.07) is 3.68. The summed E-state index contributed by atoms with van der Waals surface area (Å²) in [4.78, 5) is 59.6. The van der Waals surface area contributed by atoms with Crippen molar-refractivity contribution in [1.82, 2.24) is 20.6 Å². The highest BCUT2D eigenvalue weighted by Gasteiger charge is 2.39. The topological polar surface area (TPSA) is 177 Å². The van der Waals surface area contributed by atoms with Crippen LogP contribution in [0.5, 0.6) is 5.75 Å². The van der Waals surface area contributed by atoms with Crippen LogP contribution in [0.1, 0.15) is 43.2 Å². The number of pyridine rings is 2. The second kappa shape index (κ2) is 12.3. The summed E-state index contributed by atoms with van der Waals surface area (Å²) in [7, 11) is 0. The molecular formula is C25H30N4O8. The van der Waals surface area contributed by atoms with Crippen LogP contribution in [0, 0.1) is 5.92 Å². The number of hydrogen-bond acceptors (Lipinski definition) is 10. The molecule has 3 heterocycles. The lowest BCUT2D eigenvalue weighted by Crippen LogP contribution is -2.59. The molecule has 0 spiro atoms. The molecule has 0 bridgehead atoms. The van der Waals surface area contributed by atoms with Crippen LogP contribution in [-0.4, -0.2) is 74.3 Å². The summed E-state index contributed by atoms with van der Waals surface area (Å²) in [6.45, 7) is 4.42. The predicted octanol–water partition coefficient (Wildman–Crippen LogP) is 0.272. The molecule has 198 valence electrons. The van der Waals surface area contributed by atoms with Crippen LogP contribution < -0.4 is 10.6 Å². The molecule has 0 radical (unpaired) electrons. The van der Waals surface area contributed by atoms with Crippen molar-refractivity contribution in [3.05, 3.63) is 54.1 Å². The number of aromatic nitrogens is 2. The van der Waals surface area contributed by atoms with Crippen LogP contribution in [0.15, 0.2) is 42.9 Å². The van der Waals surface area contributed by atoms with Crippen LogP contribution in [-0.2, 0) is 30.3 Å². The fraction of sp³-hybridized carbons (Fsp3) is 0.440. The van der Waals surface area contributed by atoms with E-state index >= 15 is 0 Å². The molecule has 2 aromatic rings. The van der Waals surface area contributed by atoms with Crippen LogP contribution in [0.2, 0.25) is 0 Å². The molecule has 12 nitrogen and oxygen atoms in total. The lowest BCUT2D eigenvalue weighted by Gasteiger charge is -2.33. The minimum Gasteiger partial charge on any atom is -0.505 e. The highest BCUT2D eigenvalue weighted by Crippen LogP contribution is 2.19. The third kappa shape index (κ3) is 6.79. The van der Waals surface area contributed by atoms with Gasteiger partial charge in [0.1, 0.15) is 17.9 Å². The van der Waals surface area contributed by atoms with Crippen LogP contribution in [0.3, 0.4) is 0 Å². The van der Waals surface area contributed by atoms with Crippen molar-refractivity contribution in [3.63, 3.8) is 0 Å². The summed E-state index contributed by atoms with van der Waals surface area (Å²) >= 11 is 0. The first-order valence-corrected chi connectivity index (χ1v) is 11.9. The summed E-state index contributed by atoms with van der Waals surface area (Å²) in [5.74, 6) is -4.93. The monoisotopic (exact) mass is 514 g/mol. The number of rotatable bonds is 5. The fourth-order valence-electron chi connectivity index (χ4n) is 3.84. The van der Waals surface area contributed by atoms with Gasteiger partial charge in [0, 0.05) is 18.6 Å². The molecule has 1 aliphatic rings. The van der Waals surface area contributed by atoms with Gasteiger partial charge in [-0.05, 0) is 50.5 Å². The first kappa shape index (κ1) is 27.5. The summed E-state index contributed by atoms with van der Waals surface area (Å²) in [5.41, 5.74) is 0.338. The molecule has 0 aromatic carbocycles. The van der Waals surface area contributed by atoms with Crippen molar-refractivity contribution in [2.24, 2.45) is 5.92 Å². The van der Waals surface area contributed by atoms with E-state index in [1.165, 1.54) is 32.2 Å². The van der Waals surface area contributed by atoms with Gasteiger partial charge in [0.25, 0.3) is 5.91 Å². The van der Waals surface area contributed by atoms with E-state index in [2.05, 4.69) is 20.6 Å². The predicted molar refractivity (Wildman–Crippen MR) is 128 cm³/mol. The lowest BCUT2D eigenvalue weighted by atomic mass is 9.92. The number of carbonyl (C=O) groups excluding carboxylic acids is 4. The summed E-state index contributed by atoms with van der Waals surface area (Å²) in [5, 5.41) is 26.2. The number of aromatic hydroxyl groups is 1. The second-order valence-electron chi connectivity index (χ2n) is 8.76. The second-order valence-corrected chi connectivity index (χ2v) is 8.76. The zero-order valence-corrected chi connectivity index (χ0v) is 20.7.